The highest BCUT2D eigenvalue weighted by Crippen LogP contribution is 2.35. The molecule has 0 fully saturated rings. The topological polar surface area (TPSA) is 3.24 Å². The average molecular weight is 344 g/mol. The standard InChI is InChI=1S/C18H15BrFN/c1-21(12-13-5-3-2-4-6-13)18-16-9-8-15(20)11-14(16)7-10-17(18)19/h2-11H,12H2,1H3. The molecule has 0 bridgehead atoms. The second-order valence-corrected chi connectivity index (χ2v) is 5.96. The fourth-order valence-corrected chi connectivity index (χ4v) is 3.23. The van der Waals surface area contributed by atoms with Crippen molar-refractivity contribution in [2.75, 3.05) is 11.9 Å². The third-order valence-corrected chi connectivity index (χ3v) is 4.19. The zero-order chi connectivity index (χ0) is 14.8. The number of anilines is 1. The summed E-state index contributed by atoms with van der Waals surface area (Å²) in [4.78, 5) is 2.18. The SMILES string of the molecule is CN(Cc1ccccc1)c1c(Br)ccc2cc(F)ccc12. The first-order valence-corrected chi connectivity index (χ1v) is 7.57. The molecule has 106 valence electrons. The van der Waals surface area contributed by atoms with Crippen LogP contribution in [-0.4, -0.2) is 7.05 Å². The van der Waals surface area contributed by atoms with Crippen molar-refractivity contribution < 1.29 is 4.39 Å². The molecule has 3 aromatic rings. The number of halogens is 2. The van der Waals surface area contributed by atoms with E-state index in [-0.39, 0.29) is 5.82 Å². The van der Waals surface area contributed by atoms with E-state index in [0.29, 0.717) is 0 Å². The summed E-state index contributed by atoms with van der Waals surface area (Å²) in [5.41, 5.74) is 2.32. The Hall–Kier alpha value is -1.87. The molecule has 0 aromatic heterocycles. The van der Waals surface area contributed by atoms with Crippen molar-refractivity contribution >= 4 is 32.4 Å². The maximum Gasteiger partial charge on any atom is 0.123 e. The molecule has 0 radical (unpaired) electrons. The monoisotopic (exact) mass is 343 g/mol. The Morgan fingerprint density at radius 3 is 2.52 bits per heavy atom. The van der Waals surface area contributed by atoms with Gasteiger partial charge in [-0.15, -0.1) is 0 Å². The molecule has 3 aromatic carbocycles. The van der Waals surface area contributed by atoms with Crippen LogP contribution in [0.1, 0.15) is 5.56 Å². The predicted molar refractivity (Wildman–Crippen MR) is 90.2 cm³/mol. The van der Waals surface area contributed by atoms with Crippen LogP contribution in [0.4, 0.5) is 10.1 Å². The predicted octanol–water partition coefficient (Wildman–Crippen LogP) is 5.38. The van der Waals surface area contributed by atoms with Gasteiger partial charge in [0.2, 0.25) is 0 Å². The number of fused-ring (bicyclic) bond motifs is 1. The second-order valence-electron chi connectivity index (χ2n) is 5.10. The highest BCUT2D eigenvalue weighted by atomic mass is 79.9. The van der Waals surface area contributed by atoms with E-state index in [2.05, 4.69) is 40.0 Å². The summed E-state index contributed by atoms with van der Waals surface area (Å²) < 4.78 is 14.4. The molecule has 0 spiro atoms. The zero-order valence-electron chi connectivity index (χ0n) is 11.7. The van der Waals surface area contributed by atoms with E-state index in [1.165, 1.54) is 11.6 Å². The Morgan fingerprint density at radius 2 is 1.76 bits per heavy atom. The van der Waals surface area contributed by atoms with E-state index in [0.717, 1.165) is 27.5 Å². The molecule has 0 atom stereocenters. The highest BCUT2D eigenvalue weighted by Gasteiger charge is 2.11. The van der Waals surface area contributed by atoms with Crippen LogP contribution in [0.2, 0.25) is 0 Å². The molecular formula is C18H15BrFN. The Morgan fingerprint density at radius 1 is 1.00 bits per heavy atom. The molecule has 0 N–H and O–H groups in total. The van der Waals surface area contributed by atoms with Gasteiger partial charge in [-0.05, 0) is 51.1 Å². The van der Waals surface area contributed by atoms with Crippen molar-refractivity contribution in [1.29, 1.82) is 0 Å². The van der Waals surface area contributed by atoms with Crippen molar-refractivity contribution in [1.82, 2.24) is 0 Å². The summed E-state index contributed by atoms with van der Waals surface area (Å²) in [5, 5.41) is 1.96. The first-order chi connectivity index (χ1) is 10.1. The van der Waals surface area contributed by atoms with E-state index < -0.39 is 0 Å². The van der Waals surface area contributed by atoms with Gasteiger partial charge in [-0.1, -0.05) is 36.4 Å². The summed E-state index contributed by atoms with van der Waals surface area (Å²) >= 11 is 3.61. The molecule has 0 saturated heterocycles. The van der Waals surface area contributed by atoms with Crippen LogP contribution < -0.4 is 4.90 Å². The maximum atomic E-state index is 13.4. The van der Waals surface area contributed by atoms with Crippen LogP contribution in [0, 0.1) is 5.82 Å². The van der Waals surface area contributed by atoms with Crippen molar-refractivity contribution in [3.05, 3.63) is 76.5 Å². The first-order valence-electron chi connectivity index (χ1n) is 6.78. The number of nitrogens with zero attached hydrogens (tertiary/aromatic N) is 1. The van der Waals surface area contributed by atoms with Gasteiger partial charge in [0.15, 0.2) is 0 Å². The highest BCUT2D eigenvalue weighted by molar-refractivity contribution is 9.10. The van der Waals surface area contributed by atoms with Gasteiger partial charge in [-0.2, -0.15) is 0 Å². The Bertz CT molecular complexity index is 771. The van der Waals surface area contributed by atoms with Gasteiger partial charge >= 0.3 is 0 Å². The van der Waals surface area contributed by atoms with Crippen molar-refractivity contribution in [2.24, 2.45) is 0 Å². The number of benzene rings is 3. The quantitative estimate of drug-likeness (QED) is 0.617. The van der Waals surface area contributed by atoms with E-state index in [9.17, 15) is 4.39 Å². The lowest BCUT2D eigenvalue weighted by molar-refractivity contribution is 0.629. The molecule has 0 amide bonds. The van der Waals surface area contributed by atoms with E-state index in [1.807, 2.05) is 36.4 Å². The van der Waals surface area contributed by atoms with Gasteiger partial charge in [-0.3, -0.25) is 0 Å². The average Bonchev–Trinajstić information content (AvgIpc) is 2.48. The lowest BCUT2D eigenvalue weighted by Crippen LogP contribution is -2.17. The third-order valence-electron chi connectivity index (χ3n) is 3.55. The van der Waals surface area contributed by atoms with E-state index >= 15 is 0 Å². The minimum Gasteiger partial charge on any atom is -0.369 e. The minimum absolute atomic E-state index is 0.207. The molecule has 3 rings (SSSR count). The number of hydrogen-bond acceptors (Lipinski definition) is 1. The van der Waals surface area contributed by atoms with Gasteiger partial charge < -0.3 is 4.90 Å². The lowest BCUT2D eigenvalue weighted by atomic mass is 10.1. The normalized spacial score (nSPS) is 10.8. The fourth-order valence-electron chi connectivity index (χ4n) is 2.58. The lowest BCUT2D eigenvalue weighted by Gasteiger charge is -2.23. The Kier molecular flexibility index (Phi) is 3.93. The van der Waals surface area contributed by atoms with Gasteiger partial charge in [-0.25, -0.2) is 4.39 Å². The molecule has 0 aliphatic rings. The van der Waals surface area contributed by atoms with E-state index in [1.54, 1.807) is 6.07 Å². The summed E-state index contributed by atoms with van der Waals surface area (Å²) in [6.07, 6.45) is 0. The van der Waals surface area contributed by atoms with Crippen molar-refractivity contribution in [3.63, 3.8) is 0 Å². The molecule has 0 unspecified atom stereocenters. The summed E-state index contributed by atoms with van der Waals surface area (Å²) in [7, 11) is 2.05. The van der Waals surface area contributed by atoms with Crippen molar-refractivity contribution in [3.8, 4) is 0 Å². The Balaban J connectivity index is 2.04. The molecule has 0 aliphatic heterocycles. The minimum atomic E-state index is -0.207. The summed E-state index contributed by atoms with van der Waals surface area (Å²) in [5.74, 6) is -0.207. The smallest absolute Gasteiger partial charge is 0.123 e. The van der Waals surface area contributed by atoms with Crippen LogP contribution >= 0.6 is 15.9 Å². The van der Waals surface area contributed by atoms with Crippen LogP contribution in [-0.2, 0) is 6.54 Å². The van der Waals surface area contributed by atoms with Gasteiger partial charge in [0, 0.05) is 23.5 Å². The summed E-state index contributed by atoms with van der Waals surface area (Å²) in [6, 6.07) is 19.1. The molecule has 0 heterocycles. The van der Waals surface area contributed by atoms with Crippen LogP contribution in [0.25, 0.3) is 10.8 Å². The van der Waals surface area contributed by atoms with Gasteiger partial charge in [0.25, 0.3) is 0 Å². The molecule has 0 saturated carbocycles. The fraction of sp³-hybridized carbons (Fsp3) is 0.111. The molecule has 0 aliphatic carbocycles. The molecule has 3 heteroatoms. The first kappa shape index (κ1) is 14.1. The van der Waals surface area contributed by atoms with Crippen LogP contribution in [0.5, 0.6) is 0 Å². The molecule has 1 nitrogen and oxygen atoms in total. The second kappa shape index (κ2) is 5.86. The van der Waals surface area contributed by atoms with E-state index in [4.69, 9.17) is 0 Å². The third kappa shape index (κ3) is 2.93. The van der Waals surface area contributed by atoms with Crippen molar-refractivity contribution in [2.45, 2.75) is 6.54 Å². The number of rotatable bonds is 3. The largest absolute Gasteiger partial charge is 0.369 e. The maximum absolute atomic E-state index is 13.4. The number of hydrogen-bond donors (Lipinski definition) is 0. The zero-order valence-corrected chi connectivity index (χ0v) is 13.3. The van der Waals surface area contributed by atoms with Gasteiger partial charge in [0.1, 0.15) is 5.82 Å². The molecular weight excluding hydrogens is 329 g/mol. The van der Waals surface area contributed by atoms with Gasteiger partial charge in [0.05, 0.1) is 5.69 Å². The molecule has 21 heavy (non-hydrogen) atoms. The van der Waals surface area contributed by atoms with Crippen LogP contribution in [0.15, 0.2) is 65.1 Å². The summed E-state index contributed by atoms with van der Waals surface area (Å²) in [6.45, 7) is 0.802. The van der Waals surface area contributed by atoms with Crippen LogP contribution in [0.3, 0.4) is 0 Å². The Labute approximate surface area is 132 Å².